The van der Waals surface area contributed by atoms with Crippen LogP contribution in [0.5, 0.6) is 5.75 Å². The molecule has 2 rings (SSSR count). The fourth-order valence-electron chi connectivity index (χ4n) is 5.24. The molecule has 0 spiro atoms. The van der Waals surface area contributed by atoms with Crippen molar-refractivity contribution in [2.24, 2.45) is 10.8 Å². The summed E-state index contributed by atoms with van der Waals surface area (Å²) in [6.45, 7) is 22.6. The molecule has 0 fully saturated rings. The van der Waals surface area contributed by atoms with Gasteiger partial charge in [0.05, 0.1) is 13.2 Å². The Bertz CT molecular complexity index is 955. The number of unbranched alkanes of at least 4 members (excludes halogenated alkanes) is 7. The fraction of sp³-hybridized carbons (Fsp3) is 0.727. The van der Waals surface area contributed by atoms with Gasteiger partial charge in [0.25, 0.3) is 0 Å². The monoisotopic (exact) mass is 560 g/mol. The Morgan fingerprint density at radius 2 is 1.56 bits per heavy atom. The Hall–Kier alpha value is -1.79. The molecule has 0 aromatic heterocycles. The van der Waals surface area contributed by atoms with Crippen LogP contribution in [0.2, 0.25) is 18.1 Å². The highest BCUT2D eigenvalue weighted by Crippen LogP contribution is 2.50. The molecule has 0 atom stereocenters. The van der Waals surface area contributed by atoms with Gasteiger partial charge in [-0.1, -0.05) is 99.1 Å². The van der Waals surface area contributed by atoms with Crippen molar-refractivity contribution in [1.29, 1.82) is 0 Å². The number of hydrogen-bond acceptors (Lipinski definition) is 4. The predicted octanol–water partition coefficient (Wildman–Crippen LogP) is 9.48. The lowest BCUT2D eigenvalue weighted by atomic mass is 9.70. The van der Waals surface area contributed by atoms with Gasteiger partial charge in [0.15, 0.2) is 0 Å². The second-order valence-electron chi connectivity index (χ2n) is 14.2. The number of carboxylic acid groups (broad SMARTS) is 1. The Labute approximate surface area is 239 Å². The van der Waals surface area contributed by atoms with Gasteiger partial charge in [0, 0.05) is 29.4 Å². The van der Waals surface area contributed by atoms with Crippen molar-refractivity contribution in [3.05, 3.63) is 35.4 Å². The van der Waals surface area contributed by atoms with Crippen LogP contribution in [0.3, 0.4) is 0 Å². The average molecular weight is 561 g/mol. The molecule has 1 N–H and O–H groups in total. The summed E-state index contributed by atoms with van der Waals surface area (Å²) in [7, 11) is -1.93. The summed E-state index contributed by atoms with van der Waals surface area (Å²) in [5.74, 6) is 1.22. The molecule has 1 aliphatic rings. The first kappa shape index (κ1) is 33.4. The minimum Gasteiger partial charge on any atom is -0.543 e. The van der Waals surface area contributed by atoms with E-state index in [2.05, 4.69) is 85.8 Å². The first-order valence-corrected chi connectivity index (χ1v) is 17.9. The third kappa shape index (κ3) is 10.3. The van der Waals surface area contributed by atoms with Crippen LogP contribution in [-0.2, 0) is 14.3 Å². The van der Waals surface area contributed by atoms with Gasteiger partial charge < -0.3 is 19.0 Å². The van der Waals surface area contributed by atoms with Gasteiger partial charge >= 0.3 is 5.97 Å². The molecule has 39 heavy (non-hydrogen) atoms. The number of aliphatic carboxylic acids is 1. The van der Waals surface area contributed by atoms with Crippen LogP contribution in [0.15, 0.2) is 29.8 Å². The highest BCUT2D eigenvalue weighted by molar-refractivity contribution is 6.74. The maximum atomic E-state index is 10.6. The number of hydrogen-bond donors (Lipinski definition) is 1. The Kier molecular flexibility index (Phi) is 12.2. The van der Waals surface area contributed by atoms with E-state index in [9.17, 15) is 4.79 Å². The van der Waals surface area contributed by atoms with Crippen molar-refractivity contribution < 1.29 is 23.8 Å². The number of carboxylic acids is 1. The summed E-state index contributed by atoms with van der Waals surface area (Å²) in [4.78, 5) is 10.6. The Morgan fingerprint density at radius 3 is 2.15 bits per heavy atom. The summed E-state index contributed by atoms with van der Waals surface area (Å²) in [6.07, 6.45) is 9.15. The lowest BCUT2D eigenvalue weighted by molar-refractivity contribution is -0.137. The standard InChI is InChI=1S/C33H56O5Si/c1-31(2,3)39(8,9)38-27-20-18-19-26(23-27)29-30(33(6,7)25-37-29)32(4,5)24-36-22-17-15-13-11-10-12-14-16-21-28(34)35/h18-20,23H,10-17,21-22,24-25H2,1-9H3,(H,34,35). The highest BCUT2D eigenvalue weighted by atomic mass is 28.4. The predicted molar refractivity (Wildman–Crippen MR) is 165 cm³/mol. The molecule has 0 unspecified atom stereocenters. The maximum Gasteiger partial charge on any atom is 0.303 e. The topological polar surface area (TPSA) is 65.0 Å². The molecule has 1 aromatic rings. The Morgan fingerprint density at radius 1 is 0.974 bits per heavy atom. The van der Waals surface area contributed by atoms with E-state index in [0.717, 1.165) is 49.4 Å². The van der Waals surface area contributed by atoms with Crippen LogP contribution in [0.4, 0.5) is 0 Å². The van der Waals surface area contributed by atoms with Crippen LogP contribution in [0.1, 0.15) is 112 Å². The van der Waals surface area contributed by atoms with Crippen LogP contribution >= 0.6 is 0 Å². The van der Waals surface area contributed by atoms with E-state index in [0.29, 0.717) is 19.6 Å². The van der Waals surface area contributed by atoms with E-state index in [1.54, 1.807) is 0 Å². The zero-order valence-electron chi connectivity index (χ0n) is 26.4. The maximum absolute atomic E-state index is 10.6. The van der Waals surface area contributed by atoms with Crippen molar-refractivity contribution in [3.8, 4) is 5.75 Å². The molecule has 5 nitrogen and oxygen atoms in total. The molecule has 0 amide bonds. The lowest BCUT2D eigenvalue weighted by Crippen LogP contribution is -2.43. The molecule has 1 aliphatic heterocycles. The summed E-state index contributed by atoms with van der Waals surface area (Å²) in [6, 6.07) is 8.44. The normalized spacial score (nSPS) is 15.9. The molecular formula is C33H56O5Si. The van der Waals surface area contributed by atoms with Crippen molar-refractivity contribution in [1.82, 2.24) is 0 Å². The van der Waals surface area contributed by atoms with Gasteiger partial charge in [0.1, 0.15) is 11.5 Å². The van der Waals surface area contributed by atoms with E-state index in [1.807, 2.05) is 0 Å². The van der Waals surface area contributed by atoms with Crippen molar-refractivity contribution >= 4 is 20.0 Å². The molecule has 0 saturated carbocycles. The van der Waals surface area contributed by atoms with Gasteiger partial charge in [0.2, 0.25) is 8.32 Å². The van der Waals surface area contributed by atoms with Gasteiger partial charge in [-0.3, -0.25) is 4.79 Å². The first-order valence-electron chi connectivity index (χ1n) is 15.0. The summed E-state index contributed by atoms with van der Waals surface area (Å²) in [5, 5.41) is 8.84. The number of rotatable bonds is 17. The van der Waals surface area contributed by atoms with Crippen LogP contribution in [-0.4, -0.2) is 39.2 Å². The van der Waals surface area contributed by atoms with Crippen LogP contribution in [0, 0.1) is 10.8 Å². The van der Waals surface area contributed by atoms with E-state index in [1.165, 1.54) is 31.3 Å². The van der Waals surface area contributed by atoms with Crippen molar-refractivity contribution in [2.75, 3.05) is 19.8 Å². The zero-order chi connectivity index (χ0) is 29.3. The molecule has 0 aliphatic carbocycles. The molecule has 222 valence electrons. The van der Waals surface area contributed by atoms with E-state index < -0.39 is 14.3 Å². The quantitative estimate of drug-likeness (QED) is 0.152. The second-order valence-corrected chi connectivity index (χ2v) is 18.9. The number of benzene rings is 1. The summed E-state index contributed by atoms with van der Waals surface area (Å²) < 4.78 is 19.2. The lowest BCUT2D eigenvalue weighted by Gasteiger charge is -2.36. The number of ether oxygens (including phenoxy) is 2. The molecule has 1 heterocycles. The van der Waals surface area contributed by atoms with Gasteiger partial charge in [-0.15, -0.1) is 0 Å². The SMILES string of the molecule is CC(C)(COCCCCCCCCCCC(=O)O)C1=C(c2cccc(O[Si](C)(C)C(C)(C)C)c2)OCC1(C)C. The number of carbonyl (C=O) groups is 1. The van der Waals surface area contributed by atoms with Crippen molar-refractivity contribution in [2.45, 2.75) is 124 Å². The minimum atomic E-state index is -1.93. The molecule has 0 saturated heterocycles. The first-order chi connectivity index (χ1) is 18.1. The summed E-state index contributed by atoms with van der Waals surface area (Å²) in [5.41, 5.74) is 2.19. The van der Waals surface area contributed by atoms with E-state index >= 15 is 0 Å². The minimum absolute atomic E-state index is 0.0665. The van der Waals surface area contributed by atoms with Crippen LogP contribution < -0.4 is 4.43 Å². The molecule has 0 bridgehead atoms. The second kappa shape index (κ2) is 14.2. The summed E-state index contributed by atoms with van der Waals surface area (Å²) >= 11 is 0. The van der Waals surface area contributed by atoms with Gasteiger partial charge in [-0.05, 0) is 48.7 Å². The average Bonchev–Trinajstić information content (AvgIpc) is 3.14. The van der Waals surface area contributed by atoms with Crippen LogP contribution in [0.25, 0.3) is 5.76 Å². The van der Waals surface area contributed by atoms with Gasteiger partial charge in [-0.2, -0.15) is 0 Å². The zero-order valence-corrected chi connectivity index (χ0v) is 27.4. The molecule has 1 aromatic carbocycles. The fourth-order valence-corrected chi connectivity index (χ4v) is 6.27. The molecule has 0 radical (unpaired) electrons. The molecular weight excluding hydrogens is 504 g/mol. The third-order valence-electron chi connectivity index (χ3n) is 8.33. The Balaban J connectivity index is 1.93. The highest BCUT2D eigenvalue weighted by Gasteiger charge is 2.44. The molecule has 6 heteroatoms. The van der Waals surface area contributed by atoms with E-state index in [-0.39, 0.29) is 15.9 Å². The smallest absolute Gasteiger partial charge is 0.303 e. The third-order valence-corrected chi connectivity index (χ3v) is 12.7. The van der Waals surface area contributed by atoms with E-state index in [4.69, 9.17) is 19.0 Å². The van der Waals surface area contributed by atoms with Gasteiger partial charge in [-0.25, -0.2) is 0 Å². The largest absolute Gasteiger partial charge is 0.543 e. The van der Waals surface area contributed by atoms with Crippen molar-refractivity contribution in [3.63, 3.8) is 0 Å².